The fraction of sp³-hybridized carbons (Fsp3) is 0.625. The van der Waals surface area contributed by atoms with Crippen LogP contribution in [0.25, 0.3) is 0 Å². The molecule has 0 saturated carbocycles. The lowest BCUT2D eigenvalue weighted by Crippen LogP contribution is -2.54. The second-order valence-electron chi connectivity index (χ2n) is 9.24. The van der Waals surface area contributed by atoms with Crippen molar-refractivity contribution in [2.45, 2.75) is 84.5 Å². The smallest absolute Gasteiger partial charge is 0.408 e. The summed E-state index contributed by atoms with van der Waals surface area (Å²) < 4.78 is 5.29. The normalized spacial score (nSPS) is 13.2. The van der Waals surface area contributed by atoms with Crippen LogP contribution in [-0.2, 0) is 14.3 Å². The van der Waals surface area contributed by atoms with E-state index in [9.17, 15) is 19.5 Å². The third-order valence-electron chi connectivity index (χ3n) is 4.68. The summed E-state index contributed by atoms with van der Waals surface area (Å²) in [5, 5.41) is 15.9. The lowest BCUT2D eigenvalue weighted by molar-refractivity contribution is -0.142. The number of hydrogen-bond acceptors (Lipinski definition) is 6. The van der Waals surface area contributed by atoms with Crippen LogP contribution >= 0.6 is 12.6 Å². The van der Waals surface area contributed by atoms with Gasteiger partial charge in [-0.1, -0.05) is 38.0 Å². The van der Waals surface area contributed by atoms with Crippen LogP contribution in [0.3, 0.4) is 0 Å². The quantitative estimate of drug-likeness (QED) is 0.284. The second-order valence-corrected chi connectivity index (χ2v) is 9.61. The van der Waals surface area contributed by atoms with Crippen molar-refractivity contribution in [2.24, 2.45) is 0 Å². The van der Waals surface area contributed by atoms with E-state index in [1.807, 2.05) is 20.8 Å². The molecule has 8 nitrogen and oxygen atoms in total. The zero-order valence-electron chi connectivity index (χ0n) is 20.6. The highest BCUT2D eigenvalue weighted by Gasteiger charge is 2.36. The molecule has 1 aromatic rings. The standard InChI is InChI=1S/C24H39N3O5S/c1-7-8-11-14-27(22(30)18(15-33)26-23(31)32-24(4,5)6)20(21(29)25-16(2)3)17-12-9-10-13-19(17)28/h9-10,12-13,16,18,20,28,33H,7-8,11,14-15H2,1-6H3,(H,25,29)(H,26,31). The van der Waals surface area contributed by atoms with Crippen LogP contribution in [0.5, 0.6) is 5.75 Å². The minimum Gasteiger partial charge on any atom is -0.508 e. The number of phenolic OH excluding ortho intramolecular Hbond substituents is 1. The summed E-state index contributed by atoms with van der Waals surface area (Å²) >= 11 is 4.26. The average molecular weight is 482 g/mol. The van der Waals surface area contributed by atoms with Crippen molar-refractivity contribution >= 4 is 30.5 Å². The molecular formula is C24H39N3O5S. The summed E-state index contributed by atoms with van der Waals surface area (Å²) in [5.41, 5.74) is -0.416. The van der Waals surface area contributed by atoms with Crippen molar-refractivity contribution in [3.63, 3.8) is 0 Å². The largest absolute Gasteiger partial charge is 0.508 e. The van der Waals surface area contributed by atoms with E-state index in [-0.39, 0.29) is 24.1 Å². The van der Waals surface area contributed by atoms with E-state index in [0.29, 0.717) is 12.0 Å². The number of nitrogens with one attached hydrogen (secondary N) is 2. The maximum absolute atomic E-state index is 13.6. The first-order chi connectivity index (χ1) is 15.4. The molecule has 2 atom stereocenters. The fourth-order valence-corrected chi connectivity index (χ4v) is 3.51. The summed E-state index contributed by atoms with van der Waals surface area (Å²) in [6.07, 6.45) is 1.70. The predicted molar refractivity (Wildman–Crippen MR) is 132 cm³/mol. The number of rotatable bonds is 11. The monoisotopic (exact) mass is 481 g/mol. The van der Waals surface area contributed by atoms with Crippen molar-refractivity contribution in [3.05, 3.63) is 29.8 Å². The first kappa shape index (κ1) is 28.6. The van der Waals surface area contributed by atoms with Crippen molar-refractivity contribution in [1.82, 2.24) is 15.5 Å². The van der Waals surface area contributed by atoms with Crippen LogP contribution < -0.4 is 10.6 Å². The molecule has 33 heavy (non-hydrogen) atoms. The second kappa shape index (κ2) is 13.3. The van der Waals surface area contributed by atoms with Crippen LogP contribution in [0.2, 0.25) is 0 Å². The average Bonchev–Trinajstić information content (AvgIpc) is 2.70. The molecule has 0 fully saturated rings. The lowest BCUT2D eigenvalue weighted by Gasteiger charge is -2.34. The van der Waals surface area contributed by atoms with Gasteiger partial charge in [-0.25, -0.2) is 4.79 Å². The van der Waals surface area contributed by atoms with Gasteiger partial charge < -0.3 is 25.4 Å². The molecule has 0 aromatic heterocycles. The van der Waals surface area contributed by atoms with E-state index in [0.717, 1.165) is 12.8 Å². The van der Waals surface area contributed by atoms with Gasteiger partial charge in [0, 0.05) is 23.9 Å². The Morgan fingerprint density at radius 1 is 1.12 bits per heavy atom. The number of amides is 3. The fourth-order valence-electron chi connectivity index (χ4n) is 3.27. The predicted octanol–water partition coefficient (Wildman–Crippen LogP) is 3.80. The first-order valence-electron chi connectivity index (χ1n) is 11.4. The molecule has 0 aliphatic rings. The van der Waals surface area contributed by atoms with Gasteiger partial charge in [-0.15, -0.1) is 0 Å². The van der Waals surface area contributed by atoms with E-state index in [2.05, 4.69) is 23.3 Å². The number of benzene rings is 1. The highest BCUT2D eigenvalue weighted by molar-refractivity contribution is 7.80. The highest BCUT2D eigenvalue weighted by atomic mass is 32.1. The maximum atomic E-state index is 13.6. The number of ether oxygens (including phenoxy) is 1. The molecule has 0 heterocycles. The zero-order valence-corrected chi connectivity index (χ0v) is 21.4. The molecule has 0 aliphatic carbocycles. The van der Waals surface area contributed by atoms with Gasteiger partial charge in [0.2, 0.25) is 11.8 Å². The lowest BCUT2D eigenvalue weighted by atomic mass is 10.0. The third-order valence-corrected chi connectivity index (χ3v) is 5.04. The molecule has 3 amide bonds. The number of phenols is 1. The molecule has 186 valence electrons. The zero-order chi connectivity index (χ0) is 25.2. The van der Waals surface area contributed by atoms with Gasteiger partial charge in [-0.3, -0.25) is 9.59 Å². The molecule has 1 aromatic carbocycles. The summed E-state index contributed by atoms with van der Waals surface area (Å²) in [5.74, 6) is -0.954. The van der Waals surface area contributed by atoms with Gasteiger partial charge in [0.1, 0.15) is 23.4 Å². The number of hydrogen-bond donors (Lipinski definition) is 4. The minimum absolute atomic E-state index is 0.0155. The summed E-state index contributed by atoms with van der Waals surface area (Å²) in [6.45, 7) is 11.1. The number of nitrogens with zero attached hydrogens (tertiary/aromatic N) is 1. The number of carbonyl (C=O) groups excluding carboxylic acids is 3. The Hall–Kier alpha value is -2.42. The van der Waals surface area contributed by atoms with Gasteiger partial charge in [0.05, 0.1) is 0 Å². The molecule has 9 heteroatoms. The Labute approximate surface area is 202 Å². The number of thiol groups is 1. The Morgan fingerprint density at radius 3 is 2.27 bits per heavy atom. The van der Waals surface area contributed by atoms with Crippen LogP contribution in [0.4, 0.5) is 4.79 Å². The van der Waals surface area contributed by atoms with Gasteiger partial charge in [0.15, 0.2) is 0 Å². The maximum Gasteiger partial charge on any atom is 0.408 e. The van der Waals surface area contributed by atoms with Crippen molar-refractivity contribution in [1.29, 1.82) is 0 Å². The molecule has 1 rings (SSSR count). The topological polar surface area (TPSA) is 108 Å². The molecule has 3 N–H and O–H groups in total. The van der Waals surface area contributed by atoms with Crippen molar-refractivity contribution < 1.29 is 24.2 Å². The van der Waals surface area contributed by atoms with Crippen LogP contribution in [-0.4, -0.2) is 57.9 Å². The molecule has 0 aliphatic heterocycles. The Morgan fingerprint density at radius 2 is 1.76 bits per heavy atom. The van der Waals surface area contributed by atoms with E-state index in [1.165, 1.54) is 11.0 Å². The summed E-state index contributed by atoms with van der Waals surface area (Å²) in [4.78, 5) is 40.6. The number of alkyl carbamates (subject to hydrolysis) is 1. The Kier molecular flexibility index (Phi) is 11.6. The van der Waals surface area contributed by atoms with Gasteiger partial charge in [0.25, 0.3) is 0 Å². The SMILES string of the molecule is CCCCCN(C(=O)C(CS)NC(=O)OC(C)(C)C)C(C(=O)NC(C)C)c1ccccc1O. The third kappa shape index (κ3) is 9.53. The van der Waals surface area contributed by atoms with Crippen molar-refractivity contribution in [2.75, 3.05) is 12.3 Å². The van der Waals surface area contributed by atoms with Gasteiger partial charge in [-0.2, -0.15) is 12.6 Å². The molecular weight excluding hydrogens is 442 g/mol. The van der Waals surface area contributed by atoms with Gasteiger partial charge >= 0.3 is 6.09 Å². The van der Waals surface area contributed by atoms with Gasteiger partial charge in [-0.05, 0) is 47.1 Å². The van der Waals surface area contributed by atoms with Crippen molar-refractivity contribution in [3.8, 4) is 5.75 Å². The van der Waals surface area contributed by atoms with E-state index in [1.54, 1.807) is 39.0 Å². The molecule has 0 spiro atoms. The van der Waals surface area contributed by atoms with E-state index < -0.39 is 35.6 Å². The number of unbranched alkanes of at least 4 members (excludes halogenated alkanes) is 2. The molecule has 0 bridgehead atoms. The molecule has 2 unspecified atom stereocenters. The first-order valence-corrected chi connectivity index (χ1v) is 12.0. The molecule has 0 radical (unpaired) electrons. The minimum atomic E-state index is -1.07. The Balaban J connectivity index is 3.37. The number of para-hydroxylation sites is 1. The van der Waals surface area contributed by atoms with E-state index in [4.69, 9.17) is 4.74 Å². The number of carbonyl (C=O) groups is 3. The molecule has 0 saturated heterocycles. The van der Waals surface area contributed by atoms with Crippen LogP contribution in [0, 0.1) is 0 Å². The summed E-state index contributed by atoms with van der Waals surface area (Å²) in [7, 11) is 0. The van der Waals surface area contributed by atoms with E-state index >= 15 is 0 Å². The van der Waals surface area contributed by atoms with Crippen LogP contribution in [0.15, 0.2) is 24.3 Å². The summed E-state index contributed by atoms with van der Waals surface area (Å²) in [6, 6.07) is 4.21. The van der Waals surface area contributed by atoms with Crippen LogP contribution in [0.1, 0.15) is 72.4 Å². The number of aromatic hydroxyl groups is 1. The highest BCUT2D eigenvalue weighted by Crippen LogP contribution is 2.30. The Bertz CT molecular complexity index is 795.